The predicted molar refractivity (Wildman–Crippen MR) is 98.8 cm³/mol. The number of hydrazine groups is 1. The van der Waals surface area contributed by atoms with Gasteiger partial charge in [-0.15, -0.1) is 0 Å². The highest BCUT2D eigenvalue weighted by Crippen LogP contribution is 2.13. The molecule has 0 bridgehead atoms. The number of rotatable bonds is 6. The standard InChI is InChI=1S/C20H20F3N3O3/c1-11(2)18(24-19(28)17-14(22)4-3-5-15(17)23)20(29)26-25-16(27)10-12-6-8-13(21)9-7-12/h3-9,11,18H,10H2,1-2H3,(H,24,28)(H,25,27)(H,26,29)/t18-/m0/s1. The number of benzene rings is 2. The largest absolute Gasteiger partial charge is 0.340 e. The van der Waals surface area contributed by atoms with Crippen molar-refractivity contribution in [3.8, 4) is 0 Å². The molecular formula is C20H20F3N3O3. The van der Waals surface area contributed by atoms with Crippen LogP contribution in [0.25, 0.3) is 0 Å². The summed E-state index contributed by atoms with van der Waals surface area (Å²) in [7, 11) is 0. The molecule has 0 aliphatic carbocycles. The van der Waals surface area contributed by atoms with E-state index in [4.69, 9.17) is 0 Å². The van der Waals surface area contributed by atoms with Gasteiger partial charge >= 0.3 is 0 Å². The molecule has 0 fully saturated rings. The summed E-state index contributed by atoms with van der Waals surface area (Å²) in [5, 5.41) is 2.27. The molecule has 2 aromatic rings. The molecule has 2 aromatic carbocycles. The Kier molecular flexibility index (Phi) is 7.35. The van der Waals surface area contributed by atoms with Crippen LogP contribution in [-0.4, -0.2) is 23.8 Å². The van der Waals surface area contributed by atoms with Crippen LogP contribution in [0.2, 0.25) is 0 Å². The zero-order valence-electron chi connectivity index (χ0n) is 15.8. The molecule has 1 atom stereocenters. The maximum absolute atomic E-state index is 13.8. The van der Waals surface area contributed by atoms with Gasteiger partial charge in [-0.05, 0) is 35.7 Å². The summed E-state index contributed by atoms with van der Waals surface area (Å²) in [5.41, 5.74) is 4.08. The van der Waals surface area contributed by atoms with Gasteiger partial charge in [0.25, 0.3) is 11.8 Å². The molecular weight excluding hydrogens is 387 g/mol. The summed E-state index contributed by atoms with van der Waals surface area (Å²) in [6, 6.07) is 7.07. The Bertz CT molecular complexity index is 881. The summed E-state index contributed by atoms with van der Waals surface area (Å²) in [6.45, 7) is 3.23. The average molecular weight is 407 g/mol. The molecule has 0 radical (unpaired) electrons. The van der Waals surface area contributed by atoms with Crippen molar-refractivity contribution in [1.29, 1.82) is 0 Å². The maximum Gasteiger partial charge on any atom is 0.261 e. The molecule has 3 amide bonds. The van der Waals surface area contributed by atoms with Crippen molar-refractivity contribution in [2.45, 2.75) is 26.3 Å². The van der Waals surface area contributed by atoms with Crippen molar-refractivity contribution in [3.05, 3.63) is 71.0 Å². The first-order valence-corrected chi connectivity index (χ1v) is 8.77. The van der Waals surface area contributed by atoms with Crippen molar-refractivity contribution < 1.29 is 27.6 Å². The van der Waals surface area contributed by atoms with Crippen LogP contribution in [-0.2, 0) is 16.0 Å². The minimum Gasteiger partial charge on any atom is -0.340 e. The highest BCUT2D eigenvalue weighted by Gasteiger charge is 2.27. The van der Waals surface area contributed by atoms with E-state index in [0.29, 0.717) is 5.56 Å². The summed E-state index contributed by atoms with van der Waals surface area (Å²) in [5.74, 6) is -5.42. The van der Waals surface area contributed by atoms with E-state index in [2.05, 4.69) is 16.2 Å². The Hall–Kier alpha value is -3.36. The molecule has 9 heteroatoms. The molecule has 0 aliphatic rings. The van der Waals surface area contributed by atoms with Crippen molar-refractivity contribution in [2.24, 2.45) is 5.92 Å². The quantitative estimate of drug-likeness (QED) is 0.642. The van der Waals surface area contributed by atoms with E-state index in [1.54, 1.807) is 13.8 Å². The molecule has 0 saturated carbocycles. The lowest BCUT2D eigenvalue weighted by atomic mass is 10.0. The molecule has 0 saturated heterocycles. The van der Waals surface area contributed by atoms with Crippen LogP contribution in [0, 0.1) is 23.4 Å². The van der Waals surface area contributed by atoms with Gasteiger partial charge < -0.3 is 5.32 Å². The van der Waals surface area contributed by atoms with Gasteiger partial charge in [-0.1, -0.05) is 32.0 Å². The zero-order chi connectivity index (χ0) is 21.6. The van der Waals surface area contributed by atoms with E-state index in [1.165, 1.54) is 24.3 Å². The van der Waals surface area contributed by atoms with Crippen LogP contribution in [0.1, 0.15) is 29.8 Å². The number of carbonyl (C=O) groups excluding carboxylic acids is 3. The normalized spacial score (nSPS) is 11.7. The first kappa shape index (κ1) is 21.9. The maximum atomic E-state index is 13.8. The SMILES string of the molecule is CC(C)[C@H](NC(=O)c1c(F)cccc1F)C(=O)NNC(=O)Cc1ccc(F)cc1. The third-order valence-corrected chi connectivity index (χ3v) is 4.03. The molecule has 0 aromatic heterocycles. The van der Waals surface area contributed by atoms with E-state index in [-0.39, 0.29) is 6.42 Å². The number of halogens is 3. The molecule has 0 unspecified atom stereocenters. The molecule has 2 rings (SSSR count). The number of amides is 3. The van der Waals surface area contributed by atoms with Crippen LogP contribution in [0.4, 0.5) is 13.2 Å². The predicted octanol–water partition coefficient (Wildman–Crippen LogP) is 2.25. The average Bonchev–Trinajstić information content (AvgIpc) is 2.65. The van der Waals surface area contributed by atoms with E-state index in [1.807, 2.05) is 0 Å². The Morgan fingerprint density at radius 3 is 2.03 bits per heavy atom. The summed E-state index contributed by atoms with van der Waals surface area (Å²) in [6.07, 6.45) is -0.111. The monoisotopic (exact) mass is 407 g/mol. The fourth-order valence-corrected chi connectivity index (χ4v) is 2.50. The number of hydrogen-bond donors (Lipinski definition) is 3. The van der Waals surface area contributed by atoms with Crippen molar-refractivity contribution >= 4 is 17.7 Å². The van der Waals surface area contributed by atoms with Crippen LogP contribution >= 0.6 is 0 Å². The molecule has 29 heavy (non-hydrogen) atoms. The third kappa shape index (κ3) is 6.06. The fraction of sp³-hybridized carbons (Fsp3) is 0.250. The second-order valence-electron chi connectivity index (χ2n) is 6.63. The first-order valence-electron chi connectivity index (χ1n) is 8.77. The first-order chi connectivity index (χ1) is 13.7. The van der Waals surface area contributed by atoms with Gasteiger partial charge in [0.1, 0.15) is 29.1 Å². The number of carbonyl (C=O) groups is 3. The number of hydrogen-bond acceptors (Lipinski definition) is 3. The smallest absolute Gasteiger partial charge is 0.261 e. The van der Waals surface area contributed by atoms with Crippen molar-refractivity contribution in [1.82, 2.24) is 16.2 Å². The van der Waals surface area contributed by atoms with E-state index in [9.17, 15) is 27.6 Å². The van der Waals surface area contributed by atoms with Gasteiger partial charge in [-0.2, -0.15) is 0 Å². The minimum atomic E-state index is -1.16. The topological polar surface area (TPSA) is 87.3 Å². The third-order valence-electron chi connectivity index (χ3n) is 4.03. The molecule has 3 N–H and O–H groups in total. The zero-order valence-corrected chi connectivity index (χ0v) is 15.8. The molecule has 154 valence electrons. The highest BCUT2D eigenvalue weighted by molar-refractivity contribution is 5.98. The molecule has 0 spiro atoms. The van der Waals surface area contributed by atoms with Crippen LogP contribution in [0.3, 0.4) is 0 Å². The second kappa shape index (κ2) is 9.72. The lowest BCUT2D eigenvalue weighted by Gasteiger charge is -2.22. The highest BCUT2D eigenvalue weighted by atomic mass is 19.1. The Morgan fingerprint density at radius 1 is 0.897 bits per heavy atom. The molecule has 0 aliphatic heterocycles. The van der Waals surface area contributed by atoms with Crippen LogP contribution in [0.5, 0.6) is 0 Å². The molecule has 0 heterocycles. The lowest BCUT2D eigenvalue weighted by molar-refractivity contribution is -0.130. The summed E-state index contributed by atoms with van der Waals surface area (Å²) >= 11 is 0. The van der Waals surface area contributed by atoms with E-state index >= 15 is 0 Å². The van der Waals surface area contributed by atoms with Crippen molar-refractivity contribution in [2.75, 3.05) is 0 Å². The van der Waals surface area contributed by atoms with Gasteiger partial charge in [0.15, 0.2) is 0 Å². The lowest BCUT2D eigenvalue weighted by Crippen LogP contribution is -2.54. The van der Waals surface area contributed by atoms with Crippen molar-refractivity contribution in [3.63, 3.8) is 0 Å². The van der Waals surface area contributed by atoms with Crippen LogP contribution in [0.15, 0.2) is 42.5 Å². The van der Waals surface area contributed by atoms with Gasteiger partial charge in [0.05, 0.1) is 6.42 Å². The Morgan fingerprint density at radius 2 is 1.48 bits per heavy atom. The van der Waals surface area contributed by atoms with Gasteiger partial charge in [-0.25, -0.2) is 13.2 Å². The fourth-order valence-electron chi connectivity index (χ4n) is 2.50. The second-order valence-corrected chi connectivity index (χ2v) is 6.63. The minimum absolute atomic E-state index is 0.111. The number of nitrogens with one attached hydrogen (secondary N) is 3. The summed E-state index contributed by atoms with van der Waals surface area (Å²) < 4.78 is 40.4. The Labute approximate surface area is 165 Å². The van der Waals surface area contributed by atoms with Crippen LogP contribution < -0.4 is 16.2 Å². The summed E-state index contributed by atoms with van der Waals surface area (Å²) in [4.78, 5) is 36.5. The van der Waals surface area contributed by atoms with E-state index in [0.717, 1.165) is 18.2 Å². The van der Waals surface area contributed by atoms with Gasteiger partial charge in [0, 0.05) is 0 Å². The Balaban J connectivity index is 1.97. The molecule has 6 nitrogen and oxygen atoms in total. The van der Waals surface area contributed by atoms with Gasteiger partial charge in [-0.3, -0.25) is 25.2 Å². The van der Waals surface area contributed by atoms with Gasteiger partial charge in [0.2, 0.25) is 5.91 Å². The van der Waals surface area contributed by atoms with E-state index < -0.39 is 52.7 Å².